The second kappa shape index (κ2) is 5.90. The van der Waals surface area contributed by atoms with Gasteiger partial charge in [0.1, 0.15) is 0 Å². The number of hydrogen-bond donors (Lipinski definition) is 1. The van der Waals surface area contributed by atoms with Crippen molar-refractivity contribution in [3.63, 3.8) is 0 Å². The highest BCUT2D eigenvalue weighted by Gasteiger charge is 2.09. The average molecular weight is 222 g/mol. The summed E-state index contributed by atoms with van der Waals surface area (Å²) in [5.41, 5.74) is 1.05. The maximum Gasteiger partial charge on any atom is 0.335 e. The molecule has 0 radical (unpaired) electrons. The minimum atomic E-state index is -0.936. The highest BCUT2D eigenvalue weighted by Crippen LogP contribution is 2.12. The maximum absolute atomic E-state index is 10.9. The Kier molecular flexibility index (Phi) is 4.51. The van der Waals surface area contributed by atoms with E-state index in [9.17, 15) is 9.59 Å². The van der Waals surface area contributed by atoms with Crippen molar-refractivity contribution < 1.29 is 19.4 Å². The van der Waals surface area contributed by atoms with Crippen LogP contribution in [0.4, 0.5) is 0 Å². The van der Waals surface area contributed by atoms with Gasteiger partial charge in [0.15, 0.2) is 0 Å². The molecule has 0 fully saturated rings. The quantitative estimate of drug-likeness (QED) is 0.772. The Morgan fingerprint density at radius 3 is 2.62 bits per heavy atom. The van der Waals surface area contributed by atoms with Gasteiger partial charge in [0, 0.05) is 6.42 Å². The number of aryl methyl sites for hydroxylation is 1. The largest absolute Gasteiger partial charge is 0.478 e. The first-order chi connectivity index (χ1) is 7.65. The van der Waals surface area contributed by atoms with E-state index >= 15 is 0 Å². The highest BCUT2D eigenvalue weighted by atomic mass is 16.5. The smallest absolute Gasteiger partial charge is 0.335 e. The molecular formula is C12H14O4. The fourth-order valence-corrected chi connectivity index (χ4v) is 1.47. The van der Waals surface area contributed by atoms with E-state index in [0.29, 0.717) is 24.8 Å². The SMILES string of the molecule is COC(=O)CCCc1ccccc1C(=O)O. The molecule has 0 aromatic heterocycles. The fraction of sp³-hybridized carbons (Fsp3) is 0.333. The van der Waals surface area contributed by atoms with Gasteiger partial charge >= 0.3 is 11.9 Å². The standard InChI is InChI=1S/C12H14O4/c1-16-11(13)8-4-6-9-5-2-3-7-10(9)12(14)15/h2-3,5,7H,4,6,8H2,1H3,(H,14,15). The number of esters is 1. The molecule has 0 amide bonds. The Labute approximate surface area is 93.9 Å². The molecule has 4 nitrogen and oxygen atoms in total. The molecule has 16 heavy (non-hydrogen) atoms. The molecule has 86 valence electrons. The zero-order chi connectivity index (χ0) is 12.0. The molecule has 0 unspecified atom stereocenters. The topological polar surface area (TPSA) is 63.6 Å². The van der Waals surface area contributed by atoms with Crippen molar-refractivity contribution in [2.75, 3.05) is 7.11 Å². The van der Waals surface area contributed by atoms with Gasteiger partial charge in [-0.3, -0.25) is 4.79 Å². The van der Waals surface area contributed by atoms with Crippen LogP contribution in [0.3, 0.4) is 0 Å². The van der Waals surface area contributed by atoms with Crippen molar-refractivity contribution in [2.24, 2.45) is 0 Å². The van der Waals surface area contributed by atoms with Gasteiger partial charge in [0.2, 0.25) is 0 Å². The fourth-order valence-electron chi connectivity index (χ4n) is 1.47. The van der Waals surface area contributed by atoms with Crippen molar-refractivity contribution in [3.8, 4) is 0 Å². The summed E-state index contributed by atoms with van der Waals surface area (Å²) in [6, 6.07) is 6.81. The van der Waals surface area contributed by atoms with Gasteiger partial charge in [0.25, 0.3) is 0 Å². The molecule has 4 heteroatoms. The van der Waals surface area contributed by atoms with Crippen LogP contribution in [0.1, 0.15) is 28.8 Å². The molecule has 1 N–H and O–H groups in total. The third-order valence-electron chi connectivity index (χ3n) is 2.30. The van der Waals surface area contributed by atoms with Gasteiger partial charge in [-0.1, -0.05) is 18.2 Å². The summed E-state index contributed by atoms with van der Waals surface area (Å²) in [6.07, 6.45) is 1.47. The number of rotatable bonds is 5. The zero-order valence-corrected chi connectivity index (χ0v) is 9.10. The molecule has 0 bridgehead atoms. The van der Waals surface area contributed by atoms with Crippen LogP contribution < -0.4 is 0 Å². The third-order valence-corrected chi connectivity index (χ3v) is 2.30. The molecule has 0 atom stereocenters. The second-order valence-corrected chi connectivity index (χ2v) is 3.39. The van der Waals surface area contributed by atoms with E-state index in [-0.39, 0.29) is 5.97 Å². The minimum absolute atomic E-state index is 0.271. The van der Waals surface area contributed by atoms with E-state index < -0.39 is 5.97 Å². The number of benzene rings is 1. The van der Waals surface area contributed by atoms with Gasteiger partial charge in [-0.05, 0) is 24.5 Å². The zero-order valence-electron chi connectivity index (χ0n) is 9.10. The van der Waals surface area contributed by atoms with Gasteiger partial charge in [-0.15, -0.1) is 0 Å². The van der Waals surface area contributed by atoms with Crippen LogP contribution in [0.25, 0.3) is 0 Å². The Morgan fingerprint density at radius 1 is 1.31 bits per heavy atom. The first kappa shape index (κ1) is 12.2. The summed E-state index contributed by atoms with van der Waals surface area (Å²) in [7, 11) is 1.34. The van der Waals surface area contributed by atoms with Crippen LogP contribution in [0.15, 0.2) is 24.3 Å². The first-order valence-electron chi connectivity index (χ1n) is 5.03. The molecule has 0 saturated heterocycles. The first-order valence-corrected chi connectivity index (χ1v) is 5.03. The molecule has 1 rings (SSSR count). The molecule has 1 aromatic rings. The Morgan fingerprint density at radius 2 is 2.00 bits per heavy atom. The molecule has 1 aromatic carbocycles. The maximum atomic E-state index is 10.9. The van der Waals surface area contributed by atoms with Crippen LogP contribution in [0.2, 0.25) is 0 Å². The van der Waals surface area contributed by atoms with E-state index in [1.165, 1.54) is 7.11 Å². The summed E-state index contributed by atoms with van der Waals surface area (Å²) < 4.78 is 4.51. The lowest BCUT2D eigenvalue weighted by molar-refractivity contribution is -0.140. The van der Waals surface area contributed by atoms with Crippen molar-refractivity contribution in [3.05, 3.63) is 35.4 Å². The Balaban J connectivity index is 2.60. The van der Waals surface area contributed by atoms with Gasteiger partial charge in [0.05, 0.1) is 12.7 Å². The van der Waals surface area contributed by atoms with Crippen LogP contribution >= 0.6 is 0 Å². The van der Waals surface area contributed by atoms with Crippen molar-refractivity contribution >= 4 is 11.9 Å². The second-order valence-electron chi connectivity index (χ2n) is 3.39. The minimum Gasteiger partial charge on any atom is -0.478 e. The number of hydrogen-bond acceptors (Lipinski definition) is 3. The number of carboxylic acids is 1. The molecule has 0 spiro atoms. The molecule has 0 aliphatic carbocycles. The van der Waals surface area contributed by atoms with E-state index in [4.69, 9.17) is 5.11 Å². The van der Waals surface area contributed by atoms with Crippen LogP contribution in [0.5, 0.6) is 0 Å². The predicted molar refractivity (Wildman–Crippen MR) is 58.4 cm³/mol. The number of methoxy groups -OCH3 is 1. The van der Waals surface area contributed by atoms with Gasteiger partial charge < -0.3 is 9.84 Å². The van der Waals surface area contributed by atoms with E-state index in [0.717, 1.165) is 5.56 Å². The number of aromatic carboxylic acids is 1. The molecule has 0 heterocycles. The third kappa shape index (κ3) is 3.38. The lowest BCUT2D eigenvalue weighted by Gasteiger charge is -2.04. The average Bonchev–Trinajstić information content (AvgIpc) is 2.29. The molecule has 0 saturated carbocycles. The normalized spacial score (nSPS) is 9.81. The summed E-state index contributed by atoms with van der Waals surface area (Å²) in [4.78, 5) is 21.8. The van der Waals surface area contributed by atoms with Gasteiger partial charge in [-0.2, -0.15) is 0 Å². The van der Waals surface area contributed by atoms with Crippen LogP contribution in [-0.4, -0.2) is 24.2 Å². The summed E-state index contributed by atoms with van der Waals surface area (Å²) in [5, 5.41) is 8.93. The summed E-state index contributed by atoms with van der Waals surface area (Å²) in [5.74, 6) is -1.21. The van der Waals surface area contributed by atoms with Gasteiger partial charge in [-0.25, -0.2) is 4.79 Å². The van der Waals surface area contributed by atoms with E-state index in [2.05, 4.69) is 4.74 Å². The van der Waals surface area contributed by atoms with Crippen molar-refractivity contribution in [1.29, 1.82) is 0 Å². The van der Waals surface area contributed by atoms with Crippen molar-refractivity contribution in [2.45, 2.75) is 19.3 Å². The van der Waals surface area contributed by atoms with Crippen molar-refractivity contribution in [1.82, 2.24) is 0 Å². The molecular weight excluding hydrogens is 208 g/mol. The predicted octanol–water partition coefficient (Wildman–Crippen LogP) is 1.88. The van der Waals surface area contributed by atoms with Crippen LogP contribution in [-0.2, 0) is 16.0 Å². The lowest BCUT2D eigenvalue weighted by Crippen LogP contribution is -2.04. The number of carbonyl (C=O) groups is 2. The number of carbonyl (C=O) groups excluding carboxylic acids is 1. The summed E-state index contributed by atoms with van der Waals surface area (Å²) in [6.45, 7) is 0. The highest BCUT2D eigenvalue weighted by molar-refractivity contribution is 5.89. The molecule has 0 aliphatic rings. The summed E-state index contributed by atoms with van der Waals surface area (Å²) >= 11 is 0. The molecule has 0 aliphatic heterocycles. The van der Waals surface area contributed by atoms with E-state index in [1.54, 1.807) is 24.3 Å². The van der Waals surface area contributed by atoms with E-state index in [1.807, 2.05) is 0 Å². The monoisotopic (exact) mass is 222 g/mol. The van der Waals surface area contributed by atoms with Crippen LogP contribution in [0, 0.1) is 0 Å². The Hall–Kier alpha value is -1.84. The lowest BCUT2D eigenvalue weighted by atomic mass is 10.0. The number of carboxylic acid groups (broad SMARTS) is 1. The number of ether oxygens (including phenoxy) is 1. The Bertz CT molecular complexity index is 384.